The third kappa shape index (κ3) is 2.36. The van der Waals surface area contributed by atoms with Crippen molar-refractivity contribution in [2.75, 3.05) is 13.2 Å². The number of rotatable bonds is 3. The first kappa shape index (κ1) is 11.4. The molecule has 86 valence electrons. The molecule has 1 N–H and O–H groups in total. The highest BCUT2D eigenvalue weighted by molar-refractivity contribution is 9.10. The lowest BCUT2D eigenvalue weighted by atomic mass is 10.2. The summed E-state index contributed by atoms with van der Waals surface area (Å²) >= 11 is 3.21. The molecule has 0 bridgehead atoms. The van der Waals surface area contributed by atoms with Crippen molar-refractivity contribution in [3.8, 4) is 5.75 Å². The van der Waals surface area contributed by atoms with Crippen molar-refractivity contribution in [1.82, 2.24) is 0 Å². The van der Waals surface area contributed by atoms with Gasteiger partial charge in [0.05, 0.1) is 13.2 Å². The van der Waals surface area contributed by atoms with Crippen molar-refractivity contribution in [2.45, 2.75) is 12.5 Å². The fraction of sp³-hybridized carbons (Fsp3) is 0.364. The standard InChI is InChI=1S/C11H11BrO4/c12-8-2-1-3-9(10(8)11(13)14)16-7-4-5-15-6-7/h1-3,7H,4-6H2,(H,13,14). The number of carboxylic acid groups (broad SMARTS) is 1. The Bertz CT molecular complexity index is 399. The van der Waals surface area contributed by atoms with Crippen LogP contribution in [0.1, 0.15) is 16.8 Å². The summed E-state index contributed by atoms with van der Waals surface area (Å²) in [5.74, 6) is -0.612. The topological polar surface area (TPSA) is 55.8 Å². The predicted molar refractivity (Wildman–Crippen MR) is 61.0 cm³/mol. The maximum atomic E-state index is 11.1. The Labute approximate surface area is 101 Å². The van der Waals surface area contributed by atoms with Crippen molar-refractivity contribution in [2.24, 2.45) is 0 Å². The summed E-state index contributed by atoms with van der Waals surface area (Å²) in [5.41, 5.74) is 0.161. The lowest BCUT2D eigenvalue weighted by molar-refractivity contribution is 0.0686. The third-order valence-electron chi connectivity index (χ3n) is 2.37. The van der Waals surface area contributed by atoms with E-state index in [9.17, 15) is 4.79 Å². The summed E-state index contributed by atoms with van der Waals surface area (Å²) in [7, 11) is 0. The van der Waals surface area contributed by atoms with Gasteiger partial charge in [-0.2, -0.15) is 0 Å². The van der Waals surface area contributed by atoms with E-state index in [-0.39, 0.29) is 11.7 Å². The lowest BCUT2D eigenvalue weighted by Gasteiger charge is -2.14. The minimum absolute atomic E-state index is 0.0487. The number of hydrogen-bond donors (Lipinski definition) is 1. The monoisotopic (exact) mass is 286 g/mol. The third-order valence-corrected chi connectivity index (χ3v) is 3.03. The van der Waals surface area contributed by atoms with E-state index < -0.39 is 5.97 Å². The molecule has 0 spiro atoms. The smallest absolute Gasteiger partial charge is 0.340 e. The van der Waals surface area contributed by atoms with Gasteiger partial charge in [-0.05, 0) is 28.1 Å². The van der Waals surface area contributed by atoms with Crippen LogP contribution in [0.3, 0.4) is 0 Å². The summed E-state index contributed by atoms with van der Waals surface area (Å²) in [6.45, 7) is 1.19. The number of carboxylic acids is 1. The van der Waals surface area contributed by atoms with Crippen molar-refractivity contribution >= 4 is 21.9 Å². The summed E-state index contributed by atoms with van der Waals surface area (Å²) in [6.07, 6.45) is 0.748. The largest absolute Gasteiger partial charge is 0.487 e. The molecule has 2 rings (SSSR count). The number of benzene rings is 1. The first-order valence-corrected chi connectivity index (χ1v) is 5.74. The van der Waals surface area contributed by atoms with Crippen LogP contribution in [0.4, 0.5) is 0 Å². The van der Waals surface area contributed by atoms with Gasteiger partial charge >= 0.3 is 5.97 Å². The van der Waals surface area contributed by atoms with Crippen molar-refractivity contribution in [3.63, 3.8) is 0 Å². The van der Waals surface area contributed by atoms with Crippen LogP contribution in [-0.4, -0.2) is 30.4 Å². The number of hydrogen-bond acceptors (Lipinski definition) is 3. The predicted octanol–water partition coefficient (Wildman–Crippen LogP) is 2.32. The molecule has 1 fully saturated rings. The molecule has 1 saturated heterocycles. The Balaban J connectivity index is 2.25. The van der Waals surface area contributed by atoms with E-state index >= 15 is 0 Å². The van der Waals surface area contributed by atoms with Crippen LogP contribution in [0.5, 0.6) is 5.75 Å². The molecule has 1 aromatic rings. The molecule has 0 aliphatic carbocycles. The fourth-order valence-electron chi connectivity index (χ4n) is 1.60. The zero-order valence-electron chi connectivity index (χ0n) is 8.48. The average Bonchev–Trinajstić information content (AvgIpc) is 2.70. The molecule has 16 heavy (non-hydrogen) atoms. The van der Waals surface area contributed by atoms with Gasteiger partial charge < -0.3 is 14.6 Å². The second-order valence-electron chi connectivity index (χ2n) is 3.52. The van der Waals surface area contributed by atoms with Crippen molar-refractivity contribution in [1.29, 1.82) is 0 Å². The zero-order valence-corrected chi connectivity index (χ0v) is 10.1. The molecule has 1 atom stereocenters. The second-order valence-corrected chi connectivity index (χ2v) is 4.38. The van der Waals surface area contributed by atoms with E-state index in [0.29, 0.717) is 23.4 Å². The molecule has 4 nitrogen and oxygen atoms in total. The van der Waals surface area contributed by atoms with E-state index in [1.807, 2.05) is 0 Å². The number of halogens is 1. The van der Waals surface area contributed by atoms with E-state index in [0.717, 1.165) is 6.42 Å². The minimum atomic E-state index is -0.999. The molecule has 1 heterocycles. The van der Waals surface area contributed by atoms with Crippen LogP contribution >= 0.6 is 15.9 Å². The summed E-state index contributed by atoms with van der Waals surface area (Å²) < 4.78 is 11.3. The Hall–Kier alpha value is -1.07. The first-order chi connectivity index (χ1) is 7.68. The van der Waals surface area contributed by atoms with Gasteiger partial charge in [0.2, 0.25) is 0 Å². The van der Waals surface area contributed by atoms with Gasteiger partial charge in [0.15, 0.2) is 0 Å². The lowest BCUT2D eigenvalue weighted by Crippen LogP contribution is -2.17. The second kappa shape index (κ2) is 4.84. The molecule has 1 unspecified atom stereocenters. The van der Waals surface area contributed by atoms with Crippen molar-refractivity contribution < 1.29 is 19.4 Å². The van der Waals surface area contributed by atoms with Gasteiger partial charge in [0, 0.05) is 10.9 Å². The van der Waals surface area contributed by atoms with Gasteiger partial charge in [-0.1, -0.05) is 6.07 Å². The van der Waals surface area contributed by atoms with Crippen LogP contribution < -0.4 is 4.74 Å². The van der Waals surface area contributed by atoms with Crippen LogP contribution in [0.2, 0.25) is 0 Å². The quantitative estimate of drug-likeness (QED) is 0.927. The molecule has 0 aromatic heterocycles. The van der Waals surface area contributed by atoms with Crippen LogP contribution in [0, 0.1) is 0 Å². The van der Waals surface area contributed by atoms with E-state index in [1.165, 1.54) is 0 Å². The highest BCUT2D eigenvalue weighted by Gasteiger charge is 2.21. The molecule has 0 radical (unpaired) electrons. The molecule has 1 aliphatic rings. The van der Waals surface area contributed by atoms with Gasteiger partial charge in [-0.3, -0.25) is 0 Å². The zero-order chi connectivity index (χ0) is 11.5. The molecule has 1 aromatic carbocycles. The molecular weight excluding hydrogens is 276 g/mol. The van der Waals surface area contributed by atoms with Crippen LogP contribution in [0.15, 0.2) is 22.7 Å². The summed E-state index contributed by atoms with van der Waals surface area (Å²) in [5, 5.41) is 9.08. The number of ether oxygens (including phenoxy) is 2. The van der Waals surface area contributed by atoms with Crippen LogP contribution in [-0.2, 0) is 4.74 Å². The number of carbonyl (C=O) groups is 1. The van der Waals surface area contributed by atoms with E-state index in [4.69, 9.17) is 14.6 Å². The summed E-state index contributed by atoms with van der Waals surface area (Å²) in [4.78, 5) is 11.1. The Morgan fingerprint density at radius 2 is 2.38 bits per heavy atom. The SMILES string of the molecule is O=C(O)c1c(Br)cccc1OC1CCOC1. The molecule has 1 aliphatic heterocycles. The summed E-state index contributed by atoms with van der Waals surface area (Å²) in [6, 6.07) is 5.09. The highest BCUT2D eigenvalue weighted by Crippen LogP contribution is 2.28. The van der Waals surface area contributed by atoms with Gasteiger partial charge in [0.1, 0.15) is 17.4 Å². The Kier molecular flexibility index (Phi) is 3.46. The van der Waals surface area contributed by atoms with Gasteiger partial charge in [-0.15, -0.1) is 0 Å². The number of aromatic carboxylic acids is 1. The Morgan fingerprint density at radius 3 is 3.00 bits per heavy atom. The molecule has 0 amide bonds. The van der Waals surface area contributed by atoms with Crippen molar-refractivity contribution in [3.05, 3.63) is 28.2 Å². The van der Waals surface area contributed by atoms with Gasteiger partial charge in [-0.25, -0.2) is 4.79 Å². The normalized spacial score (nSPS) is 19.7. The molecule has 5 heteroatoms. The van der Waals surface area contributed by atoms with E-state index in [2.05, 4.69) is 15.9 Å². The Morgan fingerprint density at radius 1 is 1.56 bits per heavy atom. The fourth-order valence-corrected chi connectivity index (χ4v) is 2.11. The minimum Gasteiger partial charge on any atom is -0.487 e. The molecular formula is C11H11BrO4. The first-order valence-electron chi connectivity index (χ1n) is 4.94. The average molecular weight is 287 g/mol. The van der Waals surface area contributed by atoms with E-state index in [1.54, 1.807) is 18.2 Å². The molecule has 0 saturated carbocycles. The van der Waals surface area contributed by atoms with Gasteiger partial charge in [0.25, 0.3) is 0 Å². The highest BCUT2D eigenvalue weighted by atomic mass is 79.9. The maximum Gasteiger partial charge on any atom is 0.340 e. The van der Waals surface area contributed by atoms with Crippen LogP contribution in [0.25, 0.3) is 0 Å². The maximum absolute atomic E-state index is 11.1.